The van der Waals surface area contributed by atoms with Crippen molar-refractivity contribution in [2.75, 3.05) is 17.6 Å². The zero-order valence-electron chi connectivity index (χ0n) is 14.5. The molecule has 2 rings (SSSR count). The summed E-state index contributed by atoms with van der Waals surface area (Å²) in [6.07, 6.45) is 2.90. The van der Waals surface area contributed by atoms with Crippen molar-refractivity contribution in [3.8, 4) is 0 Å². The van der Waals surface area contributed by atoms with Gasteiger partial charge in [-0.2, -0.15) is 0 Å². The molecule has 2 aromatic rings. The first-order chi connectivity index (χ1) is 11.6. The van der Waals surface area contributed by atoms with Crippen molar-refractivity contribution in [1.29, 1.82) is 0 Å². The highest BCUT2D eigenvalue weighted by Gasteiger charge is 2.13. The summed E-state index contributed by atoms with van der Waals surface area (Å²) < 4.78 is 0. The molecule has 0 aliphatic carbocycles. The molecule has 0 spiro atoms. The molecule has 4 heteroatoms. The number of hydrogen-bond donors (Lipinski definition) is 3. The Hall–Kier alpha value is -2.49. The number of aryl methyl sites for hydroxylation is 1. The predicted molar refractivity (Wildman–Crippen MR) is 101 cm³/mol. The minimum absolute atomic E-state index is 0.0816. The zero-order chi connectivity index (χ0) is 17.4. The smallest absolute Gasteiger partial charge is 0.253 e. The lowest BCUT2D eigenvalue weighted by Gasteiger charge is -2.18. The van der Waals surface area contributed by atoms with Crippen LogP contribution in [-0.4, -0.2) is 18.5 Å². The maximum atomic E-state index is 12.3. The molecule has 0 saturated heterocycles. The molecule has 24 heavy (non-hydrogen) atoms. The Morgan fingerprint density at radius 1 is 1.17 bits per heavy atom. The van der Waals surface area contributed by atoms with Crippen LogP contribution in [0.1, 0.15) is 42.6 Å². The predicted octanol–water partition coefficient (Wildman–Crippen LogP) is 3.84. The normalized spacial score (nSPS) is 11.8. The number of nitrogens with one attached hydrogen (secondary N) is 2. The highest BCUT2D eigenvalue weighted by molar-refractivity contribution is 6.00. The number of nitrogens with two attached hydrogens (primary N) is 1. The Morgan fingerprint density at radius 2 is 1.92 bits per heavy atom. The molecular formula is C20H27N3O. The molecule has 0 aromatic heterocycles. The molecule has 0 aliphatic heterocycles. The van der Waals surface area contributed by atoms with Crippen molar-refractivity contribution in [3.63, 3.8) is 0 Å². The number of carbonyl (C=O) groups is 1. The zero-order valence-corrected chi connectivity index (χ0v) is 14.5. The van der Waals surface area contributed by atoms with Crippen molar-refractivity contribution in [3.05, 3.63) is 59.7 Å². The lowest BCUT2D eigenvalue weighted by atomic mass is 10.0. The molecule has 128 valence electrons. The Balaban J connectivity index is 2.01. The van der Waals surface area contributed by atoms with Gasteiger partial charge in [-0.1, -0.05) is 37.3 Å². The lowest BCUT2D eigenvalue weighted by Crippen LogP contribution is -2.26. The van der Waals surface area contributed by atoms with E-state index in [0.29, 0.717) is 17.8 Å². The van der Waals surface area contributed by atoms with Gasteiger partial charge in [-0.15, -0.1) is 0 Å². The van der Waals surface area contributed by atoms with E-state index in [-0.39, 0.29) is 11.9 Å². The fraction of sp³-hybridized carbons (Fsp3) is 0.350. The maximum absolute atomic E-state index is 12.3. The monoisotopic (exact) mass is 325 g/mol. The van der Waals surface area contributed by atoms with Crippen molar-refractivity contribution in [2.45, 2.75) is 39.2 Å². The molecule has 1 atom stereocenters. The first-order valence-electron chi connectivity index (χ1n) is 8.58. The lowest BCUT2D eigenvalue weighted by molar-refractivity contribution is 0.0954. The number of nitrogen functional groups attached to an aromatic ring is 1. The summed E-state index contributed by atoms with van der Waals surface area (Å²) in [4.78, 5) is 12.3. The minimum atomic E-state index is -0.0816. The van der Waals surface area contributed by atoms with E-state index in [1.807, 2.05) is 25.1 Å². The summed E-state index contributed by atoms with van der Waals surface area (Å²) in [6.45, 7) is 4.83. The van der Waals surface area contributed by atoms with Crippen molar-refractivity contribution in [1.82, 2.24) is 5.32 Å². The van der Waals surface area contributed by atoms with Gasteiger partial charge in [0.2, 0.25) is 0 Å². The summed E-state index contributed by atoms with van der Waals surface area (Å²) in [5.74, 6) is -0.0816. The Kier molecular flexibility index (Phi) is 6.67. The Labute approximate surface area is 144 Å². The van der Waals surface area contributed by atoms with Crippen LogP contribution in [0.5, 0.6) is 0 Å². The van der Waals surface area contributed by atoms with Gasteiger partial charge in [0.05, 0.1) is 5.56 Å². The van der Waals surface area contributed by atoms with Crippen LogP contribution in [0.2, 0.25) is 0 Å². The number of anilines is 2. The molecule has 4 nitrogen and oxygen atoms in total. The van der Waals surface area contributed by atoms with Crippen LogP contribution in [-0.2, 0) is 6.42 Å². The Bertz CT molecular complexity index is 655. The van der Waals surface area contributed by atoms with Gasteiger partial charge >= 0.3 is 0 Å². The molecule has 0 aliphatic rings. The fourth-order valence-corrected chi connectivity index (χ4v) is 2.57. The van der Waals surface area contributed by atoms with Crippen LogP contribution in [0.25, 0.3) is 0 Å². The summed E-state index contributed by atoms with van der Waals surface area (Å²) >= 11 is 0. The maximum Gasteiger partial charge on any atom is 0.253 e. The summed E-state index contributed by atoms with van der Waals surface area (Å²) in [7, 11) is 0. The molecule has 4 N–H and O–H groups in total. The van der Waals surface area contributed by atoms with Gasteiger partial charge in [-0.3, -0.25) is 4.79 Å². The largest absolute Gasteiger partial charge is 0.399 e. The number of amides is 1. The van der Waals surface area contributed by atoms with E-state index < -0.39 is 0 Å². The molecule has 0 radical (unpaired) electrons. The highest BCUT2D eigenvalue weighted by atomic mass is 16.1. The van der Waals surface area contributed by atoms with E-state index in [4.69, 9.17) is 5.73 Å². The second kappa shape index (κ2) is 8.96. The van der Waals surface area contributed by atoms with Crippen molar-refractivity contribution >= 4 is 17.3 Å². The minimum Gasteiger partial charge on any atom is -0.399 e. The molecule has 0 fully saturated rings. The third kappa shape index (κ3) is 5.30. The third-order valence-corrected chi connectivity index (χ3v) is 3.93. The standard InChI is InChI=1S/C20H27N3O/c1-3-13-22-20(24)18-14-17(21)11-12-19(18)23-15(2)9-10-16-7-5-4-6-8-16/h4-8,11-12,14-15,23H,3,9-10,13,21H2,1-2H3,(H,22,24)/t15-/m0/s1. The number of carbonyl (C=O) groups excluding carboxylic acids is 1. The van der Waals surface area contributed by atoms with Gasteiger partial charge < -0.3 is 16.4 Å². The van der Waals surface area contributed by atoms with Gasteiger partial charge in [-0.05, 0) is 49.9 Å². The number of rotatable bonds is 8. The first kappa shape index (κ1) is 17.9. The molecule has 2 aromatic carbocycles. The van der Waals surface area contributed by atoms with E-state index in [2.05, 4.69) is 41.8 Å². The van der Waals surface area contributed by atoms with E-state index in [1.165, 1.54) is 5.56 Å². The van der Waals surface area contributed by atoms with E-state index in [9.17, 15) is 4.79 Å². The molecule has 0 bridgehead atoms. The van der Waals surface area contributed by atoms with Gasteiger partial charge in [0.1, 0.15) is 0 Å². The average molecular weight is 325 g/mol. The summed E-state index contributed by atoms with van der Waals surface area (Å²) in [5, 5.41) is 6.36. The molecular weight excluding hydrogens is 298 g/mol. The van der Waals surface area contributed by atoms with E-state index in [0.717, 1.165) is 24.9 Å². The van der Waals surface area contributed by atoms with Crippen molar-refractivity contribution < 1.29 is 4.79 Å². The summed E-state index contributed by atoms with van der Waals surface area (Å²) in [5.41, 5.74) is 9.21. The van der Waals surface area contributed by atoms with Gasteiger partial charge in [0.15, 0.2) is 0 Å². The van der Waals surface area contributed by atoms with Crippen LogP contribution in [0.15, 0.2) is 48.5 Å². The molecule has 0 unspecified atom stereocenters. The summed E-state index contributed by atoms with van der Waals surface area (Å²) in [6, 6.07) is 16.1. The number of hydrogen-bond acceptors (Lipinski definition) is 3. The number of benzene rings is 2. The van der Waals surface area contributed by atoms with Crippen LogP contribution in [0.4, 0.5) is 11.4 Å². The van der Waals surface area contributed by atoms with Crippen LogP contribution in [0.3, 0.4) is 0 Å². The van der Waals surface area contributed by atoms with Crippen LogP contribution < -0.4 is 16.4 Å². The second-order valence-corrected chi connectivity index (χ2v) is 6.13. The van der Waals surface area contributed by atoms with Crippen molar-refractivity contribution in [2.24, 2.45) is 0 Å². The van der Waals surface area contributed by atoms with Crippen LogP contribution >= 0.6 is 0 Å². The second-order valence-electron chi connectivity index (χ2n) is 6.13. The average Bonchev–Trinajstić information content (AvgIpc) is 2.60. The van der Waals surface area contributed by atoms with Gasteiger partial charge in [0, 0.05) is 24.0 Å². The quantitative estimate of drug-likeness (QED) is 0.646. The molecule has 0 heterocycles. The van der Waals surface area contributed by atoms with Gasteiger partial charge in [-0.25, -0.2) is 0 Å². The first-order valence-corrected chi connectivity index (χ1v) is 8.58. The SMILES string of the molecule is CCCNC(=O)c1cc(N)ccc1N[C@@H](C)CCc1ccccc1. The Morgan fingerprint density at radius 3 is 2.62 bits per heavy atom. The molecule has 0 saturated carbocycles. The third-order valence-electron chi connectivity index (χ3n) is 3.93. The van der Waals surface area contributed by atoms with E-state index in [1.54, 1.807) is 6.07 Å². The van der Waals surface area contributed by atoms with E-state index >= 15 is 0 Å². The topological polar surface area (TPSA) is 67.2 Å². The highest BCUT2D eigenvalue weighted by Crippen LogP contribution is 2.21. The van der Waals surface area contributed by atoms with Crippen LogP contribution in [0, 0.1) is 0 Å². The fourth-order valence-electron chi connectivity index (χ4n) is 2.57. The molecule has 1 amide bonds. The van der Waals surface area contributed by atoms with Gasteiger partial charge in [0.25, 0.3) is 5.91 Å².